The molecule has 0 aliphatic heterocycles. The van der Waals surface area contributed by atoms with Crippen LogP contribution in [0.3, 0.4) is 0 Å². The first-order chi connectivity index (χ1) is 6.85. The van der Waals surface area contributed by atoms with Crippen LogP contribution in [0, 0.1) is 0 Å². The summed E-state index contributed by atoms with van der Waals surface area (Å²) in [5, 5.41) is 6.07. The fraction of sp³-hybridized carbons (Fsp3) is 0.875. The van der Waals surface area contributed by atoms with Crippen LogP contribution in [0.25, 0.3) is 0 Å². The van der Waals surface area contributed by atoms with E-state index in [-0.39, 0.29) is 0 Å². The van der Waals surface area contributed by atoms with Gasteiger partial charge in [0.05, 0.1) is 6.26 Å². The summed E-state index contributed by atoms with van der Waals surface area (Å²) in [6.07, 6.45) is 1.13. The molecular formula is C8H20N4O2S. The SMILES string of the molecule is CN=C(NCCNS(C)(=O)=O)NC(C)C. The molecule has 0 aromatic carbocycles. The van der Waals surface area contributed by atoms with E-state index in [1.54, 1.807) is 7.05 Å². The molecule has 0 atom stereocenters. The molecular weight excluding hydrogens is 216 g/mol. The number of nitrogens with one attached hydrogen (secondary N) is 3. The molecule has 0 bridgehead atoms. The first kappa shape index (κ1) is 14.2. The second-order valence-corrected chi connectivity index (χ2v) is 5.30. The lowest BCUT2D eigenvalue weighted by molar-refractivity contribution is 0.586. The standard InChI is InChI=1S/C8H20N4O2S/c1-7(2)12-8(9-3)10-5-6-11-15(4,13)14/h7,11H,5-6H2,1-4H3,(H2,9,10,12). The molecule has 0 fully saturated rings. The number of nitrogens with zero attached hydrogens (tertiary/aromatic N) is 1. The Bertz CT molecular complexity index is 298. The van der Waals surface area contributed by atoms with Crippen molar-refractivity contribution in [3.63, 3.8) is 0 Å². The molecule has 0 aliphatic carbocycles. The molecule has 3 N–H and O–H groups in total. The summed E-state index contributed by atoms with van der Waals surface area (Å²) in [5.74, 6) is 0.667. The van der Waals surface area contributed by atoms with Gasteiger partial charge in [-0.05, 0) is 13.8 Å². The highest BCUT2D eigenvalue weighted by molar-refractivity contribution is 7.88. The minimum Gasteiger partial charge on any atom is -0.355 e. The van der Waals surface area contributed by atoms with Crippen LogP contribution in [0.2, 0.25) is 0 Å². The predicted molar refractivity (Wildman–Crippen MR) is 62.5 cm³/mol. The summed E-state index contributed by atoms with van der Waals surface area (Å²) >= 11 is 0. The lowest BCUT2D eigenvalue weighted by Crippen LogP contribution is -2.43. The minimum atomic E-state index is -3.10. The van der Waals surface area contributed by atoms with Crippen LogP contribution in [0.15, 0.2) is 4.99 Å². The van der Waals surface area contributed by atoms with Gasteiger partial charge >= 0.3 is 0 Å². The Morgan fingerprint density at radius 1 is 1.33 bits per heavy atom. The van der Waals surface area contributed by atoms with E-state index in [9.17, 15) is 8.42 Å². The maximum absolute atomic E-state index is 10.7. The van der Waals surface area contributed by atoms with Crippen LogP contribution in [-0.4, -0.2) is 46.8 Å². The van der Waals surface area contributed by atoms with E-state index < -0.39 is 10.0 Å². The highest BCUT2D eigenvalue weighted by atomic mass is 32.2. The average molecular weight is 236 g/mol. The Hall–Kier alpha value is -0.820. The highest BCUT2D eigenvalue weighted by Crippen LogP contribution is 1.77. The van der Waals surface area contributed by atoms with Crippen molar-refractivity contribution in [2.75, 3.05) is 26.4 Å². The molecule has 6 nitrogen and oxygen atoms in total. The van der Waals surface area contributed by atoms with Gasteiger partial charge in [0.25, 0.3) is 0 Å². The van der Waals surface area contributed by atoms with E-state index in [4.69, 9.17) is 0 Å². The van der Waals surface area contributed by atoms with Crippen LogP contribution < -0.4 is 15.4 Å². The van der Waals surface area contributed by atoms with Crippen molar-refractivity contribution in [3.8, 4) is 0 Å². The van der Waals surface area contributed by atoms with Crippen LogP contribution in [0.5, 0.6) is 0 Å². The smallest absolute Gasteiger partial charge is 0.208 e. The lowest BCUT2D eigenvalue weighted by atomic mass is 10.4. The summed E-state index contributed by atoms with van der Waals surface area (Å²) in [5.41, 5.74) is 0. The maximum atomic E-state index is 10.7. The Morgan fingerprint density at radius 2 is 1.93 bits per heavy atom. The van der Waals surface area contributed by atoms with Crippen molar-refractivity contribution in [2.24, 2.45) is 4.99 Å². The van der Waals surface area contributed by atoms with Gasteiger partial charge < -0.3 is 10.6 Å². The van der Waals surface area contributed by atoms with Crippen LogP contribution >= 0.6 is 0 Å². The van der Waals surface area contributed by atoms with E-state index in [2.05, 4.69) is 20.3 Å². The van der Waals surface area contributed by atoms with Gasteiger partial charge in [-0.2, -0.15) is 0 Å². The molecule has 0 rings (SSSR count). The summed E-state index contributed by atoms with van der Waals surface area (Å²) in [6.45, 7) is 4.85. The molecule has 0 radical (unpaired) electrons. The third-order valence-corrected chi connectivity index (χ3v) is 2.16. The van der Waals surface area contributed by atoms with Gasteiger partial charge in [-0.1, -0.05) is 0 Å². The number of hydrogen-bond donors (Lipinski definition) is 3. The summed E-state index contributed by atoms with van der Waals surface area (Å²) in [6, 6.07) is 0.291. The first-order valence-corrected chi connectivity index (χ1v) is 6.66. The molecule has 0 heterocycles. The largest absolute Gasteiger partial charge is 0.355 e. The lowest BCUT2D eigenvalue weighted by Gasteiger charge is -2.14. The van der Waals surface area contributed by atoms with Crippen molar-refractivity contribution in [2.45, 2.75) is 19.9 Å². The van der Waals surface area contributed by atoms with Gasteiger partial charge in [0, 0.05) is 26.2 Å². The molecule has 0 aromatic rings. The third kappa shape index (κ3) is 9.48. The maximum Gasteiger partial charge on any atom is 0.208 e. The fourth-order valence-corrected chi connectivity index (χ4v) is 1.36. The Labute approximate surface area is 91.6 Å². The Morgan fingerprint density at radius 3 is 2.33 bits per heavy atom. The van der Waals surface area contributed by atoms with Gasteiger partial charge in [-0.3, -0.25) is 4.99 Å². The van der Waals surface area contributed by atoms with Gasteiger partial charge in [-0.15, -0.1) is 0 Å². The van der Waals surface area contributed by atoms with Gasteiger partial charge in [0.2, 0.25) is 10.0 Å². The molecule has 0 saturated carbocycles. The quantitative estimate of drug-likeness (QED) is 0.328. The average Bonchev–Trinajstić information content (AvgIpc) is 2.08. The monoisotopic (exact) mass is 236 g/mol. The molecule has 0 aliphatic rings. The number of hydrogen-bond acceptors (Lipinski definition) is 3. The minimum absolute atomic E-state index is 0.291. The fourth-order valence-electron chi connectivity index (χ4n) is 0.885. The van der Waals surface area contributed by atoms with Crippen LogP contribution in [-0.2, 0) is 10.0 Å². The molecule has 90 valence electrons. The molecule has 0 unspecified atom stereocenters. The van der Waals surface area contributed by atoms with Gasteiger partial charge in [-0.25, -0.2) is 13.1 Å². The summed E-state index contributed by atoms with van der Waals surface area (Å²) < 4.78 is 23.9. The van der Waals surface area contributed by atoms with E-state index >= 15 is 0 Å². The first-order valence-electron chi connectivity index (χ1n) is 4.77. The van der Waals surface area contributed by atoms with E-state index in [1.165, 1.54) is 0 Å². The molecule has 7 heteroatoms. The molecule has 0 saturated heterocycles. The number of sulfonamides is 1. The zero-order chi connectivity index (χ0) is 11.9. The highest BCUT2D eigenvalue weighted by Gasteiger charge is 2.01. The Balaban J connectivity index is 3.75. The van der Waals surface area contributed by atoms with Crippen LogP contribution in [0.4, 0.5) is 0 Å². The Kier molecular flexibility index (Phi) is 6.26. The van der Waals surface area contributed by atoms with Gasteiger partial charge in [0.1, 0.15) is 0 Å². The predicted octanol–water partition coefficient (Wildman–Crippen LogP) is -0.891. The summed E-state index contributed by atoms with van der Waals surface area (Å²) in [7, 11) is -1.43. The zero-order valence-corrected chi connectivity index (χ0v) is 10.5. The second-order valence-electron chi connectivity index (χ2n) is 3.46. The van der Waals surface area contributed by atoms with Crippen molar-refractivity contribution >= 4 is 16.0 Å². The van der Waals surface area contributed by atoms with Crippen LogP contribution in [0.1, 0.15) is 13.8 Å². The van der Waals surface area contributed by atoms with E-state index in [0.717, 1.165) is 6.26 Å². The molecule has 0 spiro atoms. The van der Waals surface area contributed by atoms with Crippen molar-refractivity contribution < 1.29 is 8.42 Å². The molecule has 0 amide bonds. The molecule has 15 heavy (non-hydrogen) atoms. The molecule has 0 aromatic heterocycles. The number of aliphatic imine (C=N–C) groups is 1. The third-order valence-electron chi connectivity index (χ3n) is 1.43. The van der Waals surface area contributed by atoms with E-state index in [0.29, 0.717) is 25.1 Å². The van der Waals surface area contributed by atoms with Crippen molar-refractivity contribution in [3.05, 3.63) is 0 Å². The van der Waals surface area contributed by atoms with Crippen molar-refractivity contribution in [1.82, 2.24) is 15.4 Å². The van der Waals surface area contributed by atoms with E-state index in [1.807, 2.05) is 13.8 Å². The second kappa shape index (κ2) is 6.62. The number of rotatable bonds is 5. The normalized spacial score (nSPS) is 13.0. The van der Waals surface area contributed by atoms with Crippen molar-refractivity contribution in [1.29, 1.82) is 0 Å². The van der Waals surface area contributed by atoms with Gasteiger partial charge in [0.15, 0.2) is 5.96 Å². The zero-order valence-electron chi connectivity index (χ0n) is 9.66. The topological polar surface area (TPSA) is 82.6 Å². The summed E-state index contributed by atoms with van der Waals surface area (Å²) in [4.78, 5) is 3.98. The number of guanidine groups is 1.